The van der Waals surface area contributed by atoms with Crippen LogP contribution >= 0.6 is 0 Å². The quantitative estimate of drug-likeness (QED) is 0.426. The summed E-state index contributed by atoms with van der Waals surface area (Å²) in [6.07, 6.45) is 1.00. The van der Waals surface area contributed by atoms with Gasteiger partial charge in [-0.25, -0.2) is 14.3 Å². The van der Waals surface area contributed by atoms with Crippen molar-refractivity contribution in [2.24, 2.45) is 5.84 Å². The van der Waals surface area contributed by atoms with E-state index >= 15 is 0 Å². The second-order valence-electron chi connectivity index (χ2n) is 3.51. The van der Waals surface area contributed by atoms with Crippen LogP contribution in [0.15, 0.2) is 24.3 Å². The maximum absolute atomic E-state index is 11.7. The zero-order valence-electron chi connectivity index (χ0n) is 10.1. The number of ether oxygens (including phenoxy) is 1. The standard InChI is InChI=1S/C10H15N3O4S/c1-17-9-6-4-3-5-8(9)13(18(2,15)16)7-10(14)12-11/h3-6H,7,11H2,1-2H3,(H,12,14). The molecule has 0 fully saturated rings. The molecule has 0 aliphatic carbocycles. The van der Waals surface area contributed by atoms with Crippen molar-refractivity contribution in [2.75, 3.05) is 24.2 Å². The van der Waals surface area contributed by atoms with Gasteiger partial charge in [-0.3, -0.25) is 14.5 Å². The third kappa shape index (κ3) is 3.34. The molecule has 1 aromatic carbocycles. The Bertz CT molecular complexity index is 530. The average molecular weight is 273 g/mol. The molecule has 1 amide bonds. The zero-order valence-corrected chi connectivity index (χ0v) is 10.9. The number of hydrogen-bond donors (Lipinski definition) is 2. The number of nitrogens with zero attached hydrogens (tertiary/aromatic N) is 1. The van der Waals surface area contributed by atoms with Gasteiger partial charge in [0.1, 0.15) is 12.3 Å². The summed E-state index contributed by atoms with van der Waals surface area (Å²) in [5.41, 5.74) is 2.17. The molecule has 0 unspecified atom stereocenters. The van der Waals surface area contributed by atoms with Crippen molar-refractivity contribution in [2.45, 2.75) is 0 Å². The van der Waals surface area contributed by atoms with Gasteiger partial charge in [0.15, 0.2) is 0 Å². The number of nitrogens with one attached hydrogen (secondary N) is 1. The first kappa shape index (κ1) is 14.3. The number of para-hydroxylation sites is 2. The summed E-state index contributed by atoms with van der Waals surface area (Å²) >= 11 is 0. The summed E-state index contributed by atoms with van der Waals surface area (Å²) in [5, 5.41) is 0. The van der Waals surface area contributed by atoms with Crippen LogP contribution < -0.4 is 20.3 Å². The fraction of sp³-hybridized carbons (Fsp3) is 0.300. The number of amides is 1. The summed E-state index contributed by atoms with van der Waals surface area (Å²) in [6.45, 7) is -0.407. The number of carbonyl (C=O) groups is 1. The predicted octanol–water partition coefficient (Wildman–Crippen LogP) is -0.549. The Labute approximate surface area is 106 Å². The van der Waals surface area contributed by atoms with Crippen molar-refractivity contribution < 1.29 is 17.9 Å². The molecule has 0 spiro atoms. The van der Waals surface area contributed by atoms with Crippen LogP contribution in [0.25, 0.3) is 0 Å². The highest BCUT2D eigenvalue weighted by atomic mass is 32.2. The Balaban J connectivity index is 3.22. The van der Waals surface area contributed by atoms with E-state index in [1.165, 1.54) is 7.11 Å². The van der Waals surface area contributed by atoms with Gasteiger partial charge < -0.3 is 4.74 Å². The van der Waals surface area contributed by atoms with Gasteiger partial charge >= 0.3 is 0 Å². The third-order valence-electron chi connectivity index (χ3n) is 2.20. The number of carbonyl (C=O) groups excluding carboxylic acids is 1. The summed E-state index contributed by atoms with van der Waals surface area (Å²) in [5.74, 6) is 4.70. The normalized spacial score (nSPS) is 10.8. The highest BCUT2D eigenvalue weighted by Gasteiger charge is 2.23. The van der Waals surface area contributed by atoms with Crippen LogP contribution in [0.1, 0.15) is 0 Å². The molecule has 100 valence electrons. The number of hydrazine groups is 1. The molecule has 18 heavy (non-hydrogen) atoms. The molecule has 0 aliphatic heterocycles. The Morgan fingerprint density at radius 1 is 1.44 bits per heavy atom. The number of sulfonamides is 1. The van der Waals surface area contributed by atoms with E-state index in [-0.39, 0.29) is 5.69 Å². The van der Waals surface area contributed by atoms with Crippen molar-refractivity contribution in [1.29, 1.82) is 0 Å². The maximum atomic E-state index is 11.7. The van der Waals surface area contributed by atoms with Gasteiger partial charge in [-0.1, -0.05) is 12.1 Å². The van der Waals surface area contributed by atoms with Crippen molar-refractivity contribution >= 4 is 21.6 Å². The largest absolute Gasteiger partial charge is 0.495 e. The van der Waals surface area contributed by atoms with E-state index in [1.54, 1.807) is 24.3 Å². The lowest BCUT2D eigenvalue weighted by molar-refractivity contribution is -0.119. The molecule has 1 aromatic rings. The first-order valence-corrected chi connectivity index (χ1v) is 6.85. The Kier molecular flexibility index (Phi) is 4.51. The molecule has 0 aliphatic rings. The lowest BCUT2D eigenvalue weighted by Crippen LogP contribution is -2.42. The van der Waals surface area contributed by atoms with Crippen LogP contribution in [0, 0.1) is 0 Å². The van der Waals surface area contributed by atoms with E-state index in [1.807, 2.05) is 5.43 Å². The average Bonchev–Trinajstić information content (AvgIpc) is 2.34. The van der Waals surface area contributed by atoms with Gasteiger partial charge in [0, 0.05) is 0 Å². The zero-order chi connectivity index (χ0) is 13.8. The Hall–Kier alpha value is -1.80. The van der Waals surface area contributed by atoms with Gasteiger partial charge in [0.2, 0.25) is 10.0 Å². The van der Waals surface area contributed by atoms with Crippen LogP contribution in [-0.2, 0) is 14.8 Å². The van der Waals surface area contributed by atoms with Gasteiger partial charge in [-0.05, 0) is 12.1 Å². The number of benzene rings is 1. The lowest BCUT2D eigenvalue weighted by atomic mass is 10.3. The first-order valence-electron chi connectivity index (χ1n) is 5.00. The lowest BCUT2D eigenvalue weighted by Gasteiger charge is -2.23. The van der Waals surface area contributed by atoms with Gasteiger partial charge in [0.25, 0.3) is 5.91 Å². The number of methoxy groups -OCH3 is 1. The minimum Gasteiger partial charge on any atom is -0.495 e. The van der Waals surface area contributed by atoms with Gasteiger partial charge in [-0.15, -0.1) is 0 Å². The highest BCUT2D eigenvalue weighted by molar-refractivity contribution is 7.92. The van der Waals surface area contributed by atoms with E-state index in [4.69, 9.17) is 10.6 Å². The monoisotopic (exact) mass is 273 g/mol. The minimum absolute atomic E-state index is 0.283. The summed E-state index contributed by atoms with van der Waals surface area (Å²) < 4.78 is 29.4. The molecule has 0 bridgehead atoms. The van der Waals surface area contributed by atoms with Crippen LogP contribution in [0.5, 0.6) is 5.75 Å². The molecule has 7 nitrogen and oxygen atoms in total. The molecule has 0 saturated heterocycles. The number of nitrogens with two attached hydrogens (primary N) is 1. The summed E-state index contributed by atoms with van der Waals surface area (Å²) in [4.78, 5) is 11.3. The molecule has 0 heterocycles. The number of rotatable bonds is 5. The van der Waals surface area contributed by atoms with Crippen LogP contribution in [0.3, 0.4) is 0 Å². The maximum Gasteiger partial charge on any atom is 0.254 e. The Morgan fingerprint density at radius 2 is 2.06 bits per heavy atom. The van der Waals surface area contributed by atoms with Crippen LogP contribution in [-0.4, -0.2) is 34.2 Å². The van der Waals surface area contributed by atoms with E-state index in [0.29, 0.717) is 5.75 Å². The van der Waals surface area contributed by atoms with Crippen molar-refractivity contribution in [3.63, 3.8) is 0 Å². The second kappa shape index (κ2) is 5.69. The fourth-order valence-corrected chi connectivity index (χ4v) is 2.25. The fourth-order valence-electron chi connectivity index (χ4n) is 1.39. The summed E-state index contributed by atoms with van der Waals surface area (Å²) in [7, 11) is -2.20. The second-order valence-corrected chi connectivity index (χ2v) is 5.42. The smallest absolute Gasteiger partial charge is 0.254 e. The van der Waals surface area contributed by atoms with E-state index in [2.05, 4.69) is 0 Å². The first-order chi connectivity index (χ1) is 8.40. The summed E-state index contributed by atoms with van der Waals surface area (Å²) in [6, 6.07) is 6.50. The van der Waals surface area contributed by atoms with Crippen molar-refractivity contribution in [3.8, 4) is 5.75 Å². The number of anilines is 1. The van der Waals surface area contributed by atoms with Crippen LogP contribution in [0.2, 0.25) is 0 Å². The minimum atomic E-state index is -3.62. The molecular weight excluding hydrogens is 258 g/mol. The molecule has 0 radical (unpaired) electrons. The van der Waals surface area contributed by atoms with E-state index in [0.717, 1.165) is 10.6 Å². The molecular formula is C10H15N3O4S. The highest BCUT2D eigenvalue weighted by Crippen LogP contribution is 2.29. The molecule has 8 heteroatoms. The third-order valence-corrected chi connectivity index (χ3v) is 3.33. The SMILES string of the molecule is COc1ccccc1N(CC(=O)NN)S(C)(=O)=O. The van der Waals surface area contributed by atoms with E-state index < -0.39 is 22.5 Å². The molecule has 3 N–H and O–H groups in total. The van der Waals surface area contributed by atoms with Gasteiger partial charge in [0.05, 0.1) is 19.1 Å². The molecule has 0 saturated carbocycles. The van der Waals surface area contributed by atoms with Crippen molar-refractivity contribution in [1.82, 2.24) is 5.43 Å². The molecule has 1 rings (SSSR count). The number of hydrogen-bond acceptors (Lipinski definition) is 5. The molecule has 0 atom stereocenters. The Morgan fingerprint density at radius 3 is 2.56 bits per heavy atom. The van der Waals surface area contributed by atoms with Crippen LogP contribution in [0.4, 0.5) is 5.69 Å². The van der Waals surface area contributed by atoms with E-state index in [9.17, 15) is 13.2 Å². The van der Waals surface area contributed by atoms with Gasteiger partial charge in [-0.2, -0.15) is 0 Å². The topological polar surface area (TPSA) is 102 Å². The molecule has 0 aromatic heterocycles. The predicted molar refractivity (Wildman–Crippen MR) is 67.5 cm³/mol. The van der Waals surface area contributed by atoms with Crippen molar-refractivity contribution in [3.05, 3.63) is 24.3 Å².